The zero-order valence-corrected chi connectivity index (χ0v) is 10.8. The van der Waals surface area contributed by atoms with E-state index in [4.69, 9.17) is 17.0 Å². The molecule has 0 spiro atoms. The Bertz CT molecular complexity index is 211. The Morgan fingerprint density at radius 3 is 2.87 bits per heavy atom. The van der Waals surface area contributed by atoms with Gasteiger partial charge in [-0.2, -0.15) is 0 Å². The molecule has 1 aliphatic heterocycles. The summed E-state index contributed by atoms with van der Waals surface area (Å²) < 4.78 is 4.99. The van der Waals surface area contributed by atoms with Crippen LogP contribution in [0.5, 0.6) is 0 Å². The second kappa shape index (κ2) is 6.28. The minimum Gasteiger partial charge on any atom is -0.383 e. The van der Waals surface area contributed by atoms with Gasteiger partial charge in [0.05, 0.1) is 6.61 Å². The maximum atomic E-state index is 5.41. The number of hydrogen-bond acceptors (Lipinski definition) is 2. The monoisotopic (exact) mass is 230 g/mol. The average molecular weight is 230 g/mol. The Hall–Kier alpha value is -0.350. The Balaban J connectivity index is 2.41. The summed E-state index contributed by atoms with van der Waals surface area (Å²) >= 11 is 5.41. The van der Waals surface area contributed by atoms with Crippen molar-refractivity contribution < 1.29 is 4.74 Å². The Morgan fingerprint density at radius 2 is 2.27 bits per heavy atom. The molecule has 4 heteroatoms. The molecule has 1 rings (SSSR count). The molecule has 1 heterocycles. The lowest BCUT2D eigenvalue weighted by Gasteiger charge is -2.30. The highest BCUT2D eigenvalue weighted by atomic mass is 32.1. The number of thiocarbonyl (C=S) groups is 1. The van der Waals surface area contributed by atoms with Gasteiger partial charge < -0.3 is 15.0 Å². The normalized spacial score (nSPS) is 25.7. The largest absolute Gasteiger partial charge is 0.383 e. The van der Waals surface area contributed by atoms with E-state index in [9.17, 15) is 0 Å². The quantitative estimate of drug-likeness (QED) is 0.587. The van der Waals surface area contributed by atoms with Gasteiger partial charge in [-0.05, 0) is 38.4 Å². The molecule has 0 bridgehead atoms. The second-order valence-electron chi connectivity index (χ2n) is 4.12. The molecule has 0 aliphatic carbocycles. The third-order valence-corrected chi connectivity index (χ3v) is 3.43. The van der Waals surface area contributed by atoms with E-state index < -0.39 is 0 Å². The van der Waals surface area contributed by atoms with Gasteiger partial charge in [-0.25, -0.2) is 0 Å². The molecule has 1 aliphatic rings. The number of methoxy groups -OCH3 is 1. The summed E-state index contributed by atoms with van der Waals surface area (Å²) in [6, 6.07) is 1.21. The standard InChI is InChI=1S/C11H22N2OS/c1-4-10-6-5-9(2)13(10)11(15)12-7-8-14-3/h9-10H,4-8H2,1-3H3,(H,12,15). The van der Waals surface area contributed by atoms with E-state index in [0.717, 1.165) is 11.7 Å². The smallest absolute Gasteiger partial charge is 0.169 e. The Kier molecular flexibility index (Phi) is 5.32. The number of ether oxygens (including phenoxy) is 1. The van der Waals surface area contributed by atoms with Crippen LogP contribution >= 0.6 is 12.2 Å². The van der Waals surface area contributed by atoms with E-state index in [1.807, 2.05) is 0 Å². The maximum absolute atomic E-state index is 5.41. The first kappa shape index (κ1) is 12.7. The first-order chi connectivity index (χ1) is 7.20. The van der Waals surface area contributed by atoms with Crippen LogP contribution in [0.4, 0.5) is 0 Å². The highest BCUT2D eigenvalue weighted by Gasteiger charge is 2.30. The number of hydrogen-bond donors (Lipinski definition) is 1. The first-order valence-corrected chi connectivity index (χ1v) is 6.16. The second-order valence-corrected chi connectivity index (χ2v) is 4.51. The summed E-state index contributed by atoms with van der Waals surface area (Å²) in [5.74, 6) is 0. The van der Waals surface area contributed by atoms with E-state index in [1.165, 1.54) is 19.3 Å². The van der Waals surface area contributed by atoms with Crippen LogP contribution in [0.3, 0.4) is 0 Å². The van der Waals surface area contributed by atoms with Crippen LogP contribution in [0.2, 0.25) is 0 Å². The molecule has 2 unspecified atom stereocenters. The fourth-order valence-corrected chi connectivity index (χ4v) is 2.62. The molecule has 2 atom stereocenters. The summed E-state index contributed by atoms with van der Waals surface area (Å²) in [5, 5.41) is 4.15. The molecule has 0 aromatic carbocycles. The van der Waals surface area contributed by atoms with Crippen molar-refractivity contribution in [3.63, 3.8) is 0 Å². The molecular formula is C11H22N2OS. The zero-order chi connectivity index (χ0) is 11.3. The summed E-state index contributed by atoms with van der Waals surface area (Å²) in [6.45, 7) is 5.99. The van der Waals surface area contributed by atoms with Crippen LogP contribution in [0.25, 0.3) is 0 Å². The van der Waals surface area contributed by atoms with Gasteiger partial charge in [-0.1, -0.05) is 6.92 Å². The van der Waals surface area contributed by atoms with Gasteiger partial charge in [0.25, 0.3) is 0 Å². The SMILES string of the molecule is CCC1CCC(C)N1C(=S)NCCOC. The van der Waals surface area contributed by atoms with Gasteiger partial charge >= 0.3 is 0 Å². The van der Waals surface area contributed by atoms with Crippen LogP contribution in [0.15, 0.2) is 0 Å². The fourth-order valence-electron chi connectivity index (χ4n) is 2.19. The summed E-state index contributed by atoms with van der Waals surface area (Å²) in [6.07, 6.45) is 3.70. The molecule has 15 heavy (non-hydrogen) atoms. The van der Waals surface area contributed by atoms with E-state index in [1.54, 1.807) is 7.11 Å². The summed E-state index contributed by atoms with van der Waals surface area (Å²) in [7, 11) is 1.71. The molecular weight excluding hydrogens is 208 g/mol. The minimum atomic E-state index is 0.581. The Labute approximate surface area is 98.2 Å². The topological polar surface area (TPSA) is 24.5 Å². The fraction of sp³-hybridized carbons (Fsp3) is 0.909. The van der Waals surface area contributed by atoms with Crippen LogP contribution < -0.4 is 5.32 Å². The van der Waals surface area contributed by atoms with Crippen molar-refractivity contribution >= 4 is 17.3 Å². The lowest BCUT2D eigenvalue weighted by molar-refractivity contribution is 0.202. The molecule has 1 N–H and O–H groups in total. The molecule has 0 saturated carbocycles. The van der Waals surface area contributed by atoms with Gasteiger partial charge in [-0.15, -0.1) is 0 Å². The number of nitrogens with one attached hydrogen (secondary N) is 1. The molecule has 0 radical (unpaired) electrons. The van der Waals surface area contributed by atoms with Crippen LogP contribution in [0.1, 0.15) is 33.1 Å². The zero-order valence-electron chi connectivity index (χ0n) is 9.95. The first-order valence-electron chi connectivity index (χ1n) is 5.75. The Morgan fingerprint density at radius 1 is 1.53 bits per heavy atom. The highest BCUT2D eigenvalue weighted by Crippen LogP contribution is 2.25. The van der Waals surface area contributed by atoms with Crippen molar-refractivity contribution in [1.82, 2.24) is 10.2 Å². The predicted octanol–water partition coefficient (Wildman–Crippen LogP) is 1.77. The number of likely N-dealkylation sites (tertiary alicyclic amines) is 1. The van der Waals surface area contributed by atoms with Crippen LogP contribution in [-0.4, -0.2) is 42.4 Å². The number of rotatable bonds is 4. The van der Waals surface area contributed by atoms with Crippen molar-refractivity contribution in [2.75, 3.05) is 20.3 Å². The molecule has 3 nitrogen and oxygen atoms in total. The van der Waals surface area contributed by atoms with Crippen molar-refractivity contribution in [1.29, 1.82) is 0 Å². The molecule has 0 aromatic heterocycles. The average Bonchev–Trinajstić information content (AvgIpc) is 2.59. The molecule has 0 amide bonds. The lowest BCUT2D eigenvalue weighted by Crippen LogP contribution is -2.46. The van der Waals surface area contributed by atoms with E-state index in [2.05, 4.69) is 24.1 Å². The maximum Gasteiger partial charge on any atom is 0.169 e. The number of nitrogens with zero attached hydrogens (tertiary/aromatic N) is 1. The summed E-state index contributed by atoms with van der Waals surface area (Å²) in [4.78, 5) is 2.35. The van der Waals surface area contributed by atoms with Gasteiger partial charge in [0.2, 0.25) is 0 Å². The van der Waals surface area contributed by atoms with Crippen molar-refractivity contribution in [3.05, 3.63) is 0 Å². The third-order valence-electron chi connectivity index (χ3n) is 3.07. The van der Waals surface area contributed by atoms with Gasteiger partial charge in [0.1, 0.15) is 0 Å². The minimum absolute atomic E-state index is 0.581. The van der Waals surface area contributed by atoms with Gasteiger partial charge in [-0.3, -0.25) is 0 Å². The van der Waals surface area contributed by atoms with E-state index in [0.29, 0.717) is 18.7 Å². The van der Waals surface area contributed by atoms with Crippen molar-refractivity contribution in [2.24, 2.45) is 0 Å². The summed E-state index contributed by atoms with van der Waals surface area (Å²) in [5.41, 5.74) is 0. The van der Waals surface area contributed by atoms with E-state index >= 15 is 0 Å². The van der Waals surface area contributed by atoms with Crippen LogP contribution in [-0.2, 0) is 4.74 Å². The van der Waals surface area contributed by atoms with E-state index in [-0.39, 0.29) is 0 Å². The van der Waals surface area contributed by atoms with Gasteiger partial charge in [0, 0.05) is 25.7 Å². The predicted molar refractivity (Wildman–Crippen MR) is 67.1 cm³/mol. The van der Waals surface area contributed by atoms with Gasteiger partial charge in [0.15, 0.2) is 5.11 Å². The van der Waals surface area contributed by atoms with Crippen molar-refractivity contribution in [2.45, 2.75) is 45.2 Å². The highest BCUT2D eigenvalue weighted by molar-refractivity contribution is 7.80. The van der Waals surface area contributed by atoms with Crippen molar-refractivity contribution in [3.8, 4) is 0 Å². The molecule has 88 valence electrons. The van der Waals surface area contributed by atoms with Crippen LogP contribution in [0, 0.1) is 0 Å². The molecule has 1 fully saturated rings. The molecule has 0 aromatic rings. The lowest BCUT2D eigenvalue weighted by atomic mass is 10.2. The molecule has 1 saturated heterocycles. The third kappa shape index (κ3) is 3.31.